The lowest BCUT2D eigenvalue weighted by Gasteiger charge is -2.25. The normalized spacial score (nSPS) is 14.8. The Bertz CT molecular complexity index is 331. The van der Waals surface area contributed by atoms with Gasteiger partial charge in [0.15, 0.2) is 0 Å². The third-order valence-electron chi connectivity index (χ3n) is 2.19. The van der Waals surface area contributed by atoms with E-state index in [0.717, 1.165) is 12.2 Å². The molecule has 0 saturated heterocycles. The highest BCUT2D eigenvalue weighted by molar-refractivity contribution is 5.45. The molecule has 1 aliphatic heterocycles. The van der Waals surface area contributed by atoms with E-state index < -0.39 is 0 Å². The first-order valence-corrected chi connectivity index (χ1v) is 4.53. The Balaban J connectivity index is 2.29. The highest BCUT2D eigenvalue weighted by Gasteiger charge is 2.14. The molecule has 0 radical (unpaired) electrons. The summed E-state index contributed by atoms with van der Waals surface area (Å²) in [6.45, 7) is 5.11. The van der Waals surface area contributed by atoms with E-state index in [4.69, 9.17) is 0 Å². The summed E-state index contributed by atoms with van der Waals surface area (Å²) in [5.41, 5.74) is 2.26. The van der Waals surface area contributed by atoms with Crippen molar-refractivity contribution >= 4 is 5.69 Å². The molecule has 13 heavy (non-hydrogen) atoms. The fourth-order valence-corrected chi connectivity index (χ4v) is 1.34. The summed E-state index contributed by atoms with van der Waals surface area (Å²) >= 11 is 0. The van der Waals surface area contributed by atoms with Crippen molar-refractivity contribution in [2.24, 2.45) is 10.3 Å². The third-order valence-corrected chi connectivity index (χ3v) is 2.19. The average Bonchev–Trinajstić information content (AvgIpc) is 2.17. The Morgan fingerprint density at radius 3 is 2.85 bits per heavy atom. The van der Waals surface area contributed by atoms with Crippen molar-refractivity contribution in [1.82, 2.24) is 5.01 Å². The second-order valence-corrected chi connectivity index (χ2v) is 3.51. The second-order valence-electron chi connectivity index (χ2n) is 3.51. The summed E-state index contributed by atoms with van der Waals surface area (Å²) in [5, 5.41) is 10.3. The van der Waals surface area contributed by atoms with Crippen molar-refractivity contribution in [3.63, 3.8) is 0 Å². The summed E-state index contributed by atoms with van der Waals surface area (Å²) < 4.78 is 0. The van der Waals surface area contributed by atoms with Crippen LogP contribution in [0.5, 0.6) is 0 Å². The van der Waals surface area contributed by atoms with Gasteiger partial charge in [0, 0.05) is 11.6 Å². The summed E-state index contributed by atoms with van der Waals surface area (Å²) in [7, 11) is 0. The zero-order valence-electron chi connectivity index (χ0n) is 7.94. The molecule has 0 saturated carbocycles. The number of nitrogens with zero attached hydrogens (tertiary/aromatic N) is 3. The van der Waals surface area contributed by atoms with Crippen molar-refractivity contribution in [2.75, 3.05) is 0 Å². The van der Waals surface area contributed by atoms with Gasteiger partial charge in [0.1, 0.15) is 0 Å². The van der Waals surface area contributed by atoms with Crippen LogP contribution in [0.4, 0.5) is 5.69 Å². The molecule has 1 aromatic rings. The minimum atomic E-state index is 0.414. The van der Waals surface area contributed by atoms with Crippen LogP contribution in [-0.4, -0.2) is 11.1 Å². The van der Waals surface area contributed by atoms with Crippen LogP contribution in [-0.2, 0) is 6.54 Å². The Morgan fingerprint density at radius 1 is 1.31 bits per heavy atom. The fraction of sp³-hybridized carbons (Fsp3) is 0.400. The minimum absolute atomic E-state index is 0.414. The van der Waals surface area contributed by atoms with Gasteiger partial charge >= 0.3 is 0 Å². The molecule has 3 nitrogen and oxygen atoms in total. The Hall–Kier alpha value is -1.38. The van der Waals surface area contributed by atoms with Crippen LogP contribution in [0.3, 0.4) is 0 Å². The van der Waals surface area contributed by atoms with E-state index >= 15 is 0 Å². The molecule has 0 fully saturated rings. The Morgan fingerprint density at radius 2 is 2.08 bits per heavy atom. The van der Waals surface area contributed by atoms with Crippen LogP contribution in [0.25, 0.3) is 0 Å². The van der Waals surface area contributed by atoms with Crippen molar-refractivity contribution in [3.8, 4) is 0 Å². The van der Waals surface area contributed by atoms with E-state index in [-0.39, 0.29) is 0 Å². The van der Waals surface area contributed by atoms with Gasteiger partial charge in [-0.3, -0.25) is 5.01 Å². The van der Waals surface area contributed by atoms with Crippen molar-refractivity contribution < 1.29 is 0 Å². The number of fused-ring (bicyclic) bond motifs is 1. The van der Waals surface area contributed by atoms with Gasteiger partial charge in [0.05, 0.1) is 12.2 Å². The molecule has 0 amide bonds. The molecule has 0 atom stereocenters. The van der Waals surface area contributed by atoms with E-state index in [9.17, 15) is 0 Å². The zero-order valence-corrected chi connectivity index (χ0v) is 7.94. The van der Waals surface area contributed by atoms with Crippen molar-refractivity contribution in [1.29, 1.82) is 0 Å². The SMILES string of the molecule is CC(C)N1Cc2ccccc2N=N1. The molecule has 0 aromatic heterocycles. The van der Waals surface area contributed by atoms with Gasteiger partial charge in [-0.2, -0.15) is 0 Å². The van der Waals surface area contributed by atoms with Crippen LogP contribution >= 0.6 is 0 Å². The molecule has 0 N–H and O–H groups in total. The maximum atomic E-state index is 4.15. The van der Waals surface area contributed by atoms with E-state index in [2.05, 4.69) is 30.3 Å². The Labute approximate surface area is 78.1 Å². The Kier molecular flexibility index (Phi) is 2.00. The lowest BCUT2D eigenvalue weighted by atomic mass is 10.1. The molecule has 0 aliphatic carbocycles. The number of benzene rings is 1. The predicted molar refractivity (Wildman–Crippen MR) is 51.6 cm³/mol. The molecule has 0 bridgehead atoms. The van der Waals surface area contributed by atoms with E-state index in [1.807, 2.05) is 23.2 Å². The molecule has 1 aliphatic rings. The quantitative estimate of drug-likeness (QED) is 0.645. The maximum absolute atomic E-state index is 4.15. The maximum Gasteiger partial charge on any atom is 0.0924 e. The third kappa shape index (κ3) is 1.54. The van der Waals surface area contributed by atoms with Crippen LogP contribution in [0.2, 0.25) is 0 Å². The molecule has 0 unspecified atom stereocenters. The van der Waals surface area contributed by atoms with Gasteiger partial charge in [0.2, 0.25) is 0 Å². The van der Waals surface area contributed by atoms with Crippen LogP contribution in [0.1, 0.15) is 19.4 Å². The van der Waals surface area contributed by atoms with E-state index in [1.165, 1.54) is 5.56 Å². The highest BCUT2D eigenvalue weighted by atomic mass is 15.6. The summed E-state index contributed by atoms with van der Waals surface area (Å²) in [5.74, 6) is 0. The first-order valence-electron chi connectivity index (χ1n) is 4.53. The van der Waals surface area contributed by atoms with E-state index in [1.54, 1.807) is 0 Å². The van der Waals surface area contributed by atoms with Gasteiger partial charge in [-0.15, -0.1) is 5.11 Å². The van der Waals surface area contributed by atoms with Crippen molar-refractivity contribution in [3.05, 3.63) is 29.8 Å². The monoisotopic (exact) mass is 175 g/mol. The summed E-state index contributed by atoms with van der Waals surface area (Å²) in [4.78, 5) is 0. The van der Waals surface area contributed by atoms with Gasteiger partial charge in [0.25, 0.3) is 0 Å². The van der Waals surface area contributed by atoms with Gasteiger partial charge < -0.3 is 0 Å². The molecule has 0 spiro atoms. The van der Waals surface area contributed by atoms with Crippen LogP contribution in [0, 0.1) is 0 Å². The lowest BCUT2D eigenvalue weighted by Crippen LogP contribution is -2.25. The number of hydrogen-bond donors (Lipinski definition) is 0. The zero-order chi connectivity index (χ0) is 9.26. The summed E-state index contributed by atoms with van der Waals surface area (Å²) in [6.07, 6.45) is 0. The van der Waals surface area contributed by atoms with Crippen LogP contribution < -0.4 is 0 Å². The lowest BCUT2D eigenvalue weighted by molar-refractivity contribution is 0.201. The number of hydrogen-bond acceptors (Lipinski definition) is 3. The average molecular weight is 175 g/mol. The van der Waals surface area contributed by atoms with Crippen LogP contribution in [0.15, 0.2) is 34.6 Å². The van der Waals surface area contributed by atoms with Gasteiger partial charge in [-0.1, -0.05) is 23.4 Å². The number of rotatable bonds is 1. The standard InChI is InChI=1S/C10H13N3/c1-8(2)13-7-9-5-3-4-6-10(9)11-12-13/h3-6,8H,7H2,1-2H3. The molecule has 2 rings (SSSR count). The molecule has 1 heterocycles. The van der Waals surface area contributed by atoms with E-state index in [0.29, 0.717) is 6.04 Å². The topological polar surface area (TPSA) is 28.0 Å². The molecular formula is C10H13N3. The molecular weight excluding hydrogens is 162 g/mol. The molecule has 68 valence electrons. The van der Waals surface area contributed by atoms with Crippen molar-refractivity contribution in [2.45, 2.75) is 26.4 Å². The first-order chi connectivity index (χ1) is 6.27. The fourth-order valence-electron chi connectivity index (χ4n) is 1.34. The predicted octanol–water partition coefficient (Wildman–Crippen LogP) is 2.91. The smallest absolute Gasteiger partial charge is 0.0924 e. The second kappa shape index (κ2) is 3.17. The van der Waals surface area contributed by atoms with Gasteiger partial charge in [-0.25, -0.2) is 0 Å². The molecule has 3 heteroatoms. The minimum Gasteiger partial charge on any atom is -0.271 e. The van der Waals surface area contributed by atoms with Gasteiger partial charge in [-0.05, 0) is 19.9 Å². The molecule has 1 aromatic carbocycles. The largest absolute Gasteiger partial charge is 0.271 e. The summed E-state index contributed by atoms with van der Waals surface area (Å²) in [6, 6.07) is 8.54. The highest BCUT2D eigenvalue weighted by Crippen LogP contribution is 2.26. The first kappa shape index (κ1) is 8.23.